The minimum absolute atomic E-state index is 0.0710. The Labute approximate surface area is 158 Å². The predicted molar refractivity (Wildman–Crippen MR) is 103 cm³/mol. The van der Waals surface area contributed by atoms with Crippen LogP contribution in [-0.4, -0.2) is 80.2 Å². The lowest BCUT2D eigenvalue weighted by atomic mass is 9.80. The van der Waals surface area contributed by atoms with Crippen LogP contribution in [0, 0.1) is 17.8 Å². The molecule has 150 valence electrons. The molecular weight excluding hydrogens is 330 g/mol. The average Bonchev–Trinajstić information content (AvgIpc) is 2.58. The van der Waals surface area contributed by atoms with Crippen molar-refractivity contribution in [3.05, 3.63) is 0 Å². The first kappa shape index (κ1) is 21.3. The van der Waals surface area contributed by atoms with Crippen LogP contribution in [0.2, 0.25) is 0 Å². The van der Waals surface area contributed by atoms with Crippen molar-refractivity contribution < 1.29 is 9.59 Å². The summed E-state index contributed by atoms with van der Waals surface area (Å²) in [5.41, 5.74) is 0. The van der Waals surface area contributed by atoms with Gasteiger partial charge < -0.3 is 10.6 Å². The molecule has 2 fully saturated rings. The smallest absolute Gasteiger partial charge is 0.224 e. The molecule has 0 aromatic rings. The number of nitrogens with zero attached hydrogens (tertiary/aromatic N) is 3. The van der Waals surface area contributed by atoms with Crippen LogP contribution in [-0.2, 0) is 9.59 Å². The Morgan fingerprint density at radius 2 is 1.50 bits per heavy atom. The van der Waals surface area contributed by atoms with Gasteiger partial charge in [-0.2, -0.15) is 0 Å². The number of rotatable bonds is 6. The molecule has 26 heavy (non-hydrogen) atoms. The summed E-state index contributed by atoms with van der Waals surface area (Å²) in [5.74, 6) is 1.22. The Morgan fingerprint density at radius 3 is 2.04 bits per heavy atom. The number of hydrogen-bond donors (Lipinski definition) is 2. The third-order valence-electron chi connectivity index (χ3n) is 5.55. The summed E-state index contributed by atoms with van der Waals surface area (Å²) < 4.78 is 0. The summed E-state index contributed by atoms with van der Waals surface area (Å²) in [6.07, 6.45) is 3.40. The molecule has 0 spiro atoms. The van der Waals surface area contributed by atoms with Gasteiger partial charge in [0.2, 0.25) is 5.91 Å². The standard InChI is InChI=1S/C19H37N5O2/c1-15-9-23(11-20-3)13-22(4)14-24(10-15)12-21-19(26)18-7-5-17(6-8-18)16(2)25/h15,17-18,20H,5-14H2,1-4H3,(H,21,26). The molecule has 1 heterocycles. The first-order valence-corrected chi connectivity index (χ1v) is 9.95. The Morgan fingerprint density at radius 1 is 0.962 bits per heavy atom. The summed E-state index contributed by atoms with van der Waals surface area (Å²) in [5, 5.41) is 6.37. The van der Waals surface area contributed by atoms with E-state index in [2.05, 4.69) is 39.3 Å². The fraction of sp³-hybridized carbons (Fsp3) is 0.895. The van der Waals surface area contributed by atoms with Crippen molar-refractivity contribution in [1.29, 1.82) is 0 Å². The average molecular weight is 368 g/mol. The van der Waals surface area contributed by atoms with Crippen molar-refractivity contribution in [2.24, 2.45) is 17.8 Å². The van der Waals surface area contributed by atoms with E-state index in [1.54, 1.807) is 6.92 Å². The number of nitrogens with one attached hydrogen (secondary N) is 2. The maximum atomic E-state index is 12.5. The summed E-state index contributed by atoms with van der Waals surface area (Å²) >= 11 is 0. The highest BCUT2D eigenvalue weighted by Crippen LogP contribution is 2.29. The lowest BCUT2D eigenvalue weighted by Crippen LogP contribution is -2.53. The van der Waals surface area contributed by atoms with Gasteiger partial charge in [0, 0.05) is 31.6 Å². The molecule has 1 saturated heterocycles. The molecular formula is C19H37N5O2. The highest BCUT2D eigenvalue weighted by molar-refractivity contribution is 5.80. The molecule has 1 amide bonds. The molecule has 1 atom stereocenters. The van der Waals surface area contributed by atoms with Crippen LogP contribution in [0.1, 0.15) is 39.5 Å². The lowest BCUT2D eigenvalue weighted by Gasteiger charge is -2.38. The number of hydrogen-bond acceptors (Lipinski definition) is 6. The van der Waals surface area contributed by atoms with Crippen LogP contribution in [0.15, 0.2) is 0 Å². The summed E-state index contributed by atoms with van der Waals surface area (Å²) in [6, 6.07) is 0. The summed E-state index contributed by atoms with van der Waals surface area (Å²) in [4.78, 5) is 31.0. The molecule has 2 aliphatic rings. The third-order valence-corrected chi connectivity index (χ3v) is 5.55. The van der Waals surface area contributed by atoms with Crippen LogP contribution in [0.4, 0.5) is 0 Å². The van der Waals surface area contributed by atoms with Crippen molar-refractivity contribution in [1.82, 2.24) is 25.3 Å². The van der Waals surface area contributed by atoms with Crippen LogP contribution >= 0.6 is 0 Å². The quantitative estimate of drug-likeness (QED) is 0.722. The zero-order chi connectivity index (χ0) is 19.1. The van der Waals surface area contributed by atoms with E-state index in [1.807, 2.05) is 7.05 Å². The van der Waals surface area contributed by atoms with E-state index in [-0.39, 0.29) is 23.5 Å². The van der Waals surface area contributed by atoms with Crippen LogP contribution in [0.5, 0.6) is 0 Å². The molecule has 2 rings (SSSR count). The monoisotopic (exact) mass is 367 g/mol. The predicted octanol–water partition coefficient (Wildman–Crippen LogP) is 0.733. The summed E-state index contributed by atoms with van der Waals surface area (Å²) in [7, 11) is 4.10. The van der Waals surface area contributed by atoms with Crippen molar-refractivity contribution in [3.8, 4) is 0 Å². The van der Waals surface area contributed by atoms with Crippen LogP contribution < -0.4 is 10.6 Å². The van der Waals surface area contributed by atoms with Gasteiger partial charge in [0.05, 0.1) is 20.0 Å². The molecule has 0 aromatic heterocycles. The fourth-order valence-electron chi connectivity index (χ4n) is 4.33. The first-order valence-electron chi connectivity index (χ1n) is 9.95. The second-order valence-corrected chi connectivity index (χ2v) is 8.32. The molecule has 1 aliphatic heterocycles. The minimum Gasteiger partial charge on any atom is -0.343 e. The first-order chi connectivity index (χ1) is 12.4. The Kier molecular flexibility index (Phi) is 8.47. The molecule has 0 bridgehead atoms. The normalized spacial score (nSPS) is 29.8. The van der Waals surface area contributed by atoms with Gasteiger partial charge in [-0.3, -0.25) is 24.3 Å². The molecule has 1 saturated carbocycles. The Balaban J connectivity index is 1.77. The van der Waals surface area contributed by atoms with Gasteiger partial charge in [-0.05, 0) is 52.6 Å². The second-order valence-electron chi connectivity index (χ2n) is 8.32. The molecule has 1 unspecified atom stereocenters. The number of amides is 1. The van der Waals surface area contributed by atoms with Crippen molar-refractivity contribution in [2.45, 2.75) is 39.5 Å². The maximum Gasteiger partial charge on any atom is 0.224 e. The van der Waals surface area contributed by atoms with Gasteiger partial charge >= 0.3 is 0 Å². The van der Waals surface area contributed by atoms with Crippen LogP contribution in [0.25, 0.3) is 0 Å². The highest BCUT2D eigenvalue weighted by Gasteiger charge is 2.28. The minimum atomic E-state index is 0.0710. The molecule has 7 nitrogen and oxygen atoms in total. The zero-order valence-electron chi connectivity index (χ0n) is 17.0. The zero-order valence-corrected chi connectivity index (χ0v) is 17.0. The SMILES string of the molecule is CNCN1CC(C)CN(CNC(=O)C2CCC(C(C)=O)CC2)CN(C)C1. The number of carbonyl (C=O) groups excluding carboxylic acids is 2. The molecule has 0 radical (unpaired) electrons. The Bertz CT molecular complexity index is 451. The van der Waals surface area contributed by atoms with Gasteiger partial charge in [-0.15, -0.1) is 0 Å². The number of Topliss-reactive ketones (excluding diaryl/α,β-unsaturated/α-hetero) is 1. The lowest BCUT2D eigenvalue weighted by molar-refractivity contribution is -0.129. The second kappa shape index (κ2) is 10.3. The van der Waals surface area contributed by atoms with Gasteiger partial charge in [0.1, 0.15) is 5.78 Å². The topological polar surface area (TPSA) is 67.9 Å². The largest absolute Gasteiger partial charge is 0.343 e. The van der Waals surface area contributed by atoms with Gasteiger partial charge in [0.15, 0.2) is 0 Å². The van der Waals surface area contributed by atoms with Gasteiger partial charge in [-0.1, -0.05) is 6.92 Å². The van der Waals surface area contributed by atoms with Crippen molar-refractivity contribution in [3.63, 3.8) is 0 Å². The van der Waals surface area contributed by atoms with Crippen molar-refractivity contribution >= 4 is 11.7 Å². The van der Waals surface area contributed by atoms with E-state index < -0.39 is 0 Å². The van der Waals surface area contributed by atoms with E-state index in [4.69, 9.17) is 0 Å². The van der Waals surface area contributed by atoms with E-state index in [1.165, 1.54) is 0 Å². The maximum absolute atomic E-state index is 12.5. The fourth-order valence-corrected chi connectivity index (χ4v) is 4.33. The number of carbonyl (C=O) groups is 2. The van der Waals surface area contributed by atoms with E-state index >= 15 is 0 Å². The molecule has 7 heteroatoms. The number of ketones is 1. The van der Waals surface area contributed by atoms with E-state index in [0.717, 1.165) is 58.8 Å². The van der Waals surface area contributed by atoms with Gasteiger partial charge in [0.25, 0.3) is 0 Å². The molecule has 2 N–H and O–H groups in total. The Hall–Kier alpha value is -1.02. The van der Waals surface area contributed by atoms with E-state index in [0.29, 0.717) is 12.6 Å². The van der Waals surface area contributed by atoms with Crippen molar-refractivity contribution in [2.75, 3.05) is 53.9 Å². The third kappa shape index (κ3) is 6.61. The van der Waals surface area contributed by atoms with Gasteiger partial charge in [-0.25, -0.2) is 0 Å². The summed E-state index contributed by atoms with van der Waals surface area (Å²) in [6.45, 7) is 9.23. The van der Waals surface area contributed by atoms with E-state index in [9.17, 15) is 9.59 Å². The highest BCUT2D eigenvalue weighted by atomic mass is 16.2. The van der Waals surface area contributed by atoms with Crippen LogP contribution in [0.3, 0.4) is 0 Å². The molecule has 1 aliphatic carbocycles. The molecule has 0 aromatic carbocycles.